The maximum Gasteiger partial charge on any atom is 0.229 e. The molecular weight excluding hydrogens is 377 g/mol. The molecule has 2 aliphatic rings. The highest BCUT2D eigenvalue weighted by atomic mass is 35.5. The summed E-state index contributed by atoms with van der Waals surface area (Å²) in [6.45, 7) is -0.123. The Labute approximate surface area is 163 Å². The molecule has 1 spiro atoms. The first-order chi connectivity index (χ1) is 12.4. The fraction of sp³-hybridized carbons (Fsp3) is 0.579. The van der Waals surface area contributed by atoms with Crippen LogP contribution in [0.25, 0.3) is 0 Å². The van der Waals surface area contributed by atoms with Gasteiger partial charge in [-0.1, -0.05) is 42.5 Å². The van der Waals surface area contributed by atoms with Crippen LogP contribution >= 0.6 is 23.2 Å². The van der Waals surface area contributed by atoms with Crippen LogP contribution in [0.5, 0.6) is 5.75 Å². The van der Waals surface area contributed by atoms with E-state index < -0.39 is 6.10 Å². The van der Waals surface area contributed by atoms with Crippen molar-refractivity contribution in [1.82, 2.24) is 4.90 Å². The standard InChI is InChI=1S/C19H23Cl2NO4/c20-13-4-5-16(15(21)8-13)26-12-14(23)11-22-17(24)9-19(10-18(22)25)6-2-1-3-7-19/h4-5,8,14,23H,1-3,6-7,9-12H2. The van der Waals surface area contributed by atoms with Crippen LogP contribution in [0.4, 0.5) is 0 Å². The summed E-state index contributed by atoms with van der Waals surface area (Å²) in [6, 6.07) is 4.80. The number of amides is 2. The number of rotatable bonds is 5. The van der Waals surface area contributed by atoms with E-state index >= 15 is 0 Å². The molecule has 0 bridgehead atoms. The van der Waals surface area contributed by atoms with E-state index in [0.29, 0.717) is 28.6 Å². The summed E-state index contributed by atoms with van der Waals surface area (Å²) >= 11 is 11.9. The van der Waals surface area contributed by atoms with Crippen LogP contribution in [0.3, 0.4) is 0 Å². The van der Waals surface area contributed by atoms with Gasteiger partial charge in [0.25, 0.3) is 0 Å². The lowest BCUT2D eigenvalue weighted by Gasteiger charge is -2.42. The second-order valence-corrected chi connectivity index (χ2v) is 8.20. The lowest BCUT2D eigenvalue weighted by atomic mass is 9.67. The molecule has 26 heavy (non-hydrogen) atoms. The van der Waals surface area contributed by atoms with E-state index in [1.165, 1.54) is 11.3 Å². The molecule has 1 aromatic carbocycles. The van der Waals surface area contributed by atoms with Gasteiger partial charge in [0, 0.05) is 17.9 Å². The van der Waals surface area contributed by atoms with Crippen molar-refractivity contribution in [2.75, 3.05) is 13.2 Å². The second-order valence-electron chi connectivity index (χ2n) is 7.35. The van der Waals surface area contributed by atoms with E-state index in [4.69, 9.17) is 27.9 Å². The maximum absolute atomic E-state index is 12.5. The molecule has 1 unspecified atom stereocenters. The third kappa shape index (κ3) is 4.51. The average molecular weight is 400 g/mol. The van der Waals surface area contributed by atoms with Gasteiger partial charge in [-0.2, -0.15) is 0 Å². The summed E-state index contributed by atoms with van der Waals surface area (Å²) in [5.41, 5.74) is -0.152. The number of β-amino-alcohol motifs (C(OH)–C–C–N with tert-alkyl or cyclic N) is 1. The normalized spacial score (nSPS) is 21.1. The predicted octanol–water partition coefficient (Wildman–Crippen LogP) is 3.83. The van der Waals surface area contributed by atoms with E-state index in [2.05, 4.69) is 0 Å². The van der Waals surface area contributed by atoms with Crippen molar-refractivity contribution in [1.29, 1.82) is 0 Å². The monoisotopic (exact) mass is 399 g/mol. The quantitative estimate of drug-likeness (QED) is 0.763. The number of carbonyl (C=O) groups excluding carboxylic acids is 2. The van der Waals surface area contributed by atoms with E-state index in [1.54, 1.807) is 18.2 Å². The molecule has 2 fully saturated rings. The first kappa shape index (κ1) is 19.5. The molecule has 1 atom stereocenters. The van der Waals surface area contributed by atoms with Crippen LogP contribution in [0.15, 0.2) is 18.2 Å². The lowest BCUT2D eigenvalue weighted by molar-refractivity contribution is -0.156. The molecule has 5 nitrogen and oxygen atoms in total. The van der Waals surface area contributed by atoms with Crippen LogP contribution in [-0.2, 0) is 9.59 Å². The molecule has 0 radical (unpaired) electrons. The topological polar surface area (TPSA) is 66.8 Å². The molecular formula is C19H23Cl2NO4. The third-order valence-electron chi connectivity index (χ3n) is 5.29. The molecule has 7 heteroatoms. The molecule has 1 aliphatic carbocycles. The number of aliphatic hydroxyl groups excluding tert-OH is 1. The highest BCUT2D eigenvalue weighted by Crippen LogP contribution is 2.45. The Morgan fingerprint density at radius 2 is 1.77 bits per heavy atom. The zero-order valence-corrected chi connectivity index (χ0v) is 16.1. The van der Waals surface area contributed by atoms with Crippen LogP contribution in [0, 0.1) is 5.41 Å². The smallest absolute Gasteiger partial charge is 0.229 e. The van der Waals surface area contributed by atoms with Gasteiger partial charge in [-0.05, 0) is 36.5 Å². The van der Waals surface area contributed by atoms with Crippen molar-refractivity contribution in [2.45, 2.75) is 51.0 Å². The van der Waals surface area contributed by atoms with E-state index in [1.807, 2.05) is 0 Å². The first-order valence-corrected chi connectivity index (χ1v) is 9.73. The third-order valence-corrected chi connectivity index (χ3v) is 5.82. The van der Waals surface area contributed by atoms with Crippen molar-refractivity contribution in [3.05, 3.63) is 28.2 Å². The fourth-order valence-electron chi connectivity index (χ4n) is 3.93. The summed E-state index contributed by atoms with van der Waals surface area (Å²) in [6.07, 6.45) is 5.05. The molecule has 3 rings (SSSR count). The molecule has 2 amide bonds. The minimum atomic E-state index is -0.977. The van der Waals surface area contributed by atoms with Crippen molar-refractivity contribution in [3.63, 3.8) is 0 Å². The van der Waals surface area contributed by atoms with Crippen molar-refractivity contribution in [3.8, 4) is 5.75 Å². The first-order valence-electron chi connectivity index (χ1n) is 8.98. The van der Waals surface area contributed by atoms with Gasteiger partial charge in [-0.15, -0.1) is 0 Å². The molecule has 0 aromatic heterocycles. The Morgan fingerprint density at radius 3 is 2.38 bits per heavy atom. The molecule has 1 N–H and O–H groups in total. The predicted molar refractivity (Wildman–Crippen MR) is 99.4 cm³/mol. The molecule has 1 saturated carbocycles. The summed E-state index contributed by atoms with van der Waals surface area (Å²) in [4.78, 5) is 26.2. The van der Waals surface area contributed by atoms with E-state index in [0.717, 1.165) is 25.7 Å². The minimum Gasteiger partial charge on any atom is -0.489 e. The number of benzene rings is 1. The number of nitrogens with zero attached hydrogens (tertiary/aromatic N) is 1. The van der Waals surface area contributed by atoms with Gasteiger partial charge in [0.05, 0.1) is 11.6 Å². The Bertz CT molecular complexity index is 668. The minimum absolute atomic E-state index is 0.0566. The lowest BCUT2D eigenvalue weighted by Crippen LogP contribution is -2.51. The van der Waals surface area contributed by atoms with Crippen LogP contribution < -0.4 is 4.74 Å². The van der Waals surface area contributed by atoms with E-state index in [9.17, 15) is 14.7 Å². The van der Waals surface area contributed by atoms with Gasteiger partial charge in [0.1, 0.15) is 18.5 Å². The van der Waals surface area contributed by atoms with Crippen molar-refractivity contribution >= 4 is 35.0 Å². The number of hydrogen-bond donors (Lipinski definition) is 1. The Kier molecular flexibility index (Phi) is 6.10. The molecule has 1 aromatic rings. The zero-order chi connectivity index (χ0) is 18.7. The van der Waals surface area contributed by atoms with Crippen LogP contribution in [-0.4, -0.2) is 41.1 Å². The number of carbonyl (C=O) groups is 2. The second kappa shape index (κ2) is 8.15. The molecule has 1 saturated heterocycles. The number of aliphatic hydroxyl groups is 1. The number of halogens is 2. The summed E-state index contributed by atoms with van der Waals surface area (Å²) < 4.78 is 5.49. The Morgan fingerprint density at radius 1 is 1.12 bits per heavy atom. The fourth-order valence-corrected chi connectivity index (χ4v) is 4.40. The SMILES string of the molecule is O=C1CC2(CCCCC2)CC(=O)N1CC(O)COc1ccc(Cl)cc1Cl. The highest BCUT2D eigenvalue weighted by molar-refractivity contribution is 6.35. The summed E-state index contributed by atoms with van der Waals surface area (Å²) in [7, 11) is 0. The highest BCUT2D eigenvalue weighted by Gasteiger charge is 2.44. The van der Waals surface area contributed by atoms with Gasteiger partial charge in [0.2, 0.25) is 11.8 Å². The molecule has 1 heterocycles. The average Bonchev–Trinajstić information content (AvgIpc) is 2.58. The largest absolute Gasteiger partial charge is 0.489 e. The zero-order valence-electron chi connectivity index (χ0n) is 14.5. The number of imide groups is 1. The number of piperidine rings is 1. The summed E-state index contributed by atoms with van der Waals surface area (Å²) in [5.74, 6) is 0.0195. The molecule has 142 valence electrons. The van der Waals surface area contributed by atoms with E-state index in [-0.39, 0.29) is 30.4 Å². The van der Waals surface area contributed by atoms with Crippen molar-refractivity contribution in [2.24, 2.45) is 5.41 Å². The van der Waals surface area contributed by atoms with Gasteiger partial charge in [0.15, 0.2) is 0 Å². The maximum atomic E-state index is 12.5. The Balaban J connectivity index is 1.54. The number of ether oxygens (including phenoxy) is 1. The van der Waals surface area contributed by atoms with Crippen LogP contribution in [0.1, 0.15) is 44.9 Å². The van der Waals surface area contributed by atoms with Gasteiger partial charge >= 0.3 is 0 Å². The Hall–Kier alpha value is -1.30. The molecule has 1 aliphatic heterocycles. The number of hydrogen-bond acceptors (Lipinski definition) is 4. The van der Waals surface area contributed by atoms with Gasteiger partial charge in [-0.25, -0.2) is 0 Å². The van der Waals surface area contributed by atoms with Crippen molar-refractivity contribution < 1.29 is 19.4 Å². The summed E-state index contributed by atoms with van der Waals surface area (Å²) in [5, 5.41) is 11.0. The number of likely N-dealkylation sites (tertiary alicyclic amines) is 1. The van der Waals surface area contributed by atoms with Crippen LogP contribution in [0.2, 0.25) is 10.0 Å². The van der Waals surface area contributed by atoms with Gasteiger partial charge < -0.3 is 9.84 Å². The van der Waals surface area contributed by atoms with Gasteiger partial charge in [-0.3, -0.25) is 14.5 Å².